The lowest BCUT2D eigenvalue weighted by Crippen LogP contribution is -2.40. The molecule has 1 saturated heterocycles. The first-order valence-corrected chi connectivity index (χ1v) is 13.0. The molecule has 3 aromatic rings. The van der Waals surface area contributed by atoms with Gasteiger partial charge in [0.25, 0.3) is 0 Å². The van der Waals surface area contributed by atoms with Crippen LogP contribution >= 0.6 is 11.6 Å². The van der Waals surface area contributed by atoms with Crippen LogP contribution in [0.25, 0.3) is 10.9 Å². The van der Waals surface area contributed by atoms with Crippen LogP contribution in [0.2, 0.25) is 0 Å². The SMILES string of the molecule is C#C.CC(C)c1ccc(Nc2nc(CN3CCO[C@@H](C)C3)nc3cc(C4NC=CC=C4Cl)ccc23)cc1. The molecule has 2 aromatic carbocycles. The molecule has 1 fully saturated rings. The van der Waals surface area contributed by atoms with Gasteiger partial charge in [-0.3, -0.25) is 4.90 Å². The predicted octanol–water partition coefficient (Wildman–Crippen LogP) is 6.25. The number of fused-ring (bicyclic) bond motifs is 1. The van der Waals surface area contributed by atoms with E-state index in [1.54, 1.807) is 0 Å². The lowest BCUT2D eigenvalue weighted by Gasteiger charge is -2.30. The summed E-state index contributed by atoms with van der Waals surface area (Å²) in [6, 6.07) is 14.8. The minimum Gasteiger partial charge on any atom is -0.379 e. The zero-order valence-corrected chi connectivity index (χ0v) is 22.4. The number of allylic oxidation sites excluding steroid dienone is 2. The molecular weight excluding hydrogens is 482 g/mol. The maximum Gasteiger partial charge on any atom is 0.145 e. The summed E-state index contributed by atoms with van der Waals surface area (Å²) in [7, 11) is 0. The summed E-state index contributed by atoms with van der Waals surface area (Å²) < 4.78 is 5.71. The van der Waals surface area contributed by atoms with Crippen LogP contribution in [0.5, 0.6) is 0 Å². The molecule has 0 saturated carbocycles. The molecule has 0 radical (unpaired) electrons. The number of halogens is 1. The van der Waals surface area contributed by atoms with Crippen LogP contribution in [0.1, 0.15) is 49.7 Å². The van der Waals surface area contributed by atoms with Crippen molar-refractivity contribution < 1.29 is 4.74 Å². The van der Waals surface area contributed by atoms with Crippen molar-refractivity contribution >= 4 is 34.0 Å². The Hall–Kier alpha value is -3.37. The smallest absolute Gasteiger partial charge is 0.145 e. The summed E-state index contributed by atoms with van der Waals surface area (Å²) in [5.74, 6) is 2.10. The Balaban J connectivity index is 0.00000156. The second kappa shape index (κ2) is 12.2. The van der Waals surface area contributed by atoms with Crippen LogP contribution in [0.4, 0.5) is 11.5 Å². The summed E-state index contributed by atoms with van der Waals surface area (Å²) in [6.07, 6.45) is 14.0. The van der Waals surface area contributed by atoms with E-state index in [4.69, 9.17) is 26.3 Å². The van der Waals surface area contributed by atoms with Crippen molar-refractivity contribution in [2.75, 3.05) is 25.0 Å². The van der Waals surface area contributed by atoms with Gasteiger partial charge in [-0.05, 0) is 66.6 Å². The molecule has 2 aliphatic heterocycles. The van der Waals surface area contributed by atoms with Gasteiger partial charge in [-0.25, -0.2) is 9.97 Å². The monoisotopic (exact) mass is 515 g/mol. The van der Waals surface area contributed by atoms with Gasteiger partial charge in [0.2, 0.25) is 0 Å². The molecule has 192 valence electrons. The van der Waals surface area contributed by atoms with Gasteiger partial charge in [0.1, 0.15) is 11.6 Å². The Labute approximate surface area is 224 Å². The number of terminal acetylenes is 1. The molecule has 1 aromatic heterocycles. The molecular formula is C30H34ClN5O. The first-order valence-electron chi connectivity index (χ1n) is 12.6. The third-order valence-corrected chi connectivity index (χ3v) is 6.87. The number of nitrogens with one attached hydrogen (secondary N) is 2. The predicted molar refractivity (Wildman–Crippen MR) is 153 cm³/mol. The Morgan fingerprint density at radius 3 is 2.65 bits per heavy atom. The number of hydrogen-bond acceptors (Lipinski definition) is 6. The van der Waals surface area contributed by atoms with Crippen LogP contribution < -0.4 is 10.6 Å². The molecule has 2 aliphatic rings. The van der Waals surface area contributed by atoms with Crippen molar-refractivity contribution in [3.8, 4) is 12.8 Å². The lowest BCUT2D eigenvalue weighted by atomic mass is 10.0. The highest BCUT2D eigenvalue weighted by Gasteiger charge is 2.20. The first-order chi connectivity index (χ1) is 18.0. The molecule has 0 aliphatic carbocycles. The number of aromatic nitrogens is 2. The highest BCUT2D eigenvalue weighted by Crippen LogP contribution is 2.32. The van der Waals surface area contributed by atoms with Gasteiger partial charge in [0, 0.05) is 29.2 Å². The average Bonchev–Trinajstić information content (AvgIpc) is 2.90. The van der Waals surface area contributed by atoms with Crippen molar-refractivity contribution in [2.45, 2.75) is 45.4 Å². The molecule has 0 bridgehead atoms. The zero-order valence-electron chi connectivity index (χ0n) is 21.6. The maximum absolute atomic E-state index is 6.50. The normalized spacial score (nSPS) is 19.6. The summed E-state index contributed by atoms with van der Waals surface area (Å²) in [6.45, 7) is 9.68. The second-order valence-electron chi connectivity index (χ2n) is 9.59. The highest BCUT2D eigenvalue weighted by molar-refractivity contribution is 6.30. The number of rotatable bonds is 6. The quantitative estimate of drug-likeness (QED) is 0.378. The molecule has 37 heavy (non-hydrogen) atoms. The summed E-state index contributed by atoms with van der Waals surface area (Å²) in [4.78, 5) is 12.3. The summed E-state index contributed by atoms with van der Waals surface area (Å²) in [5, 5.41) is 8.63. The fourth-order valence-electron chi connectivity index (χ4n) is 4.59. The number of benzene rings is 2. The van der Waals surface area contributed by atoms with E-state index in [-0.39, 0.29) is 12.1 Å². The van der Waals surface area contributed by atoms with Crippen molar-refractivity contribution in [1.29, 1.82) is 0 Å². The van der Waals surface area contributed by atoms with Crippen molar-refractivity contribution in [3.63, 3.8) is 0 Å². The van der Waals surface area contributed by atoms with Crippen LogP contribution in [0.3, 0.4) is 0 Å². The number of morpholine rings is 1. The van der Waals surface area contributed by atoms with Crippen molar-refractivity contribution in [2.24, 2.45) is 0 Å². The third-order valence-electron chi connectivity index (χ3n) is 6.52. The first kappa shape index (κ1) is 26.7. The molecule has 0 spiro atoms. The number of hydrogen-bond donors (Lipinski definition) is 2. The standard InChI is InChI=1S/C28H32ClN5O.C2H2/c1-18(2)20-6-9-22(10-7-20)31-28-23-11-8-21(27-24(29)5-4-12-30-27)15-25(23)32-26(33-28)17-34-13-14-35-19(3)16-34;1-2/h4-12,15,18-19,27,30H,13-14,16-17H2,1-3H3,(H,31,32,33);1-2H/t19-,27?;/m0./s1. The topological polar surface area (TPSA) is 62.3 Å². The Morgan fingerprint density at radius 1 is 1.16 bits per heavy atom. The van der Waals surface area contributed by atoms with Crippen LogP contribution in [-0.2, 0) is 11.3 Å². The molecule has 5 rings (SSSR count). The Kier molecular flexibility index (Phi) is 8.83. The largest absolute Gasteiger partial charge is 0.379 e. The summed E-state index contributed by atoms with van der Waals surface area (Å²) in [5.41, 5.74) is 4.29. The number of ether oxygens (including phenoxy) is 1. The fourth-order valence-corrected chi connectivity index (χ4v) is 4.85. The van der Waals surface area contributed by atoms with E-state index in [1.807, 2.05) is 18.4 Å². The van der Waals surface area contributed by atoms with Gasteiger partial charge in [0.05, 0.1) is 30.8 Å². The molecule has 6 nitrogen and oxygen atoms in total. The lowest BCUT2D eigenvalue weighted by molar-refractivity contribution is -0.0219. The maximum atomic E-state index is 6.50. The van der Waals surface area contributed by atoms with Crippen LogP contribution in [-0.4, -0.2) is 40.7 Å². The Bertz CT molecular complexity index is 1300. The highest BCUT2D eigenvalue weighted by atomic mass is 35.5. The van der Waals surface area contributed by atoms with Crippen molar-refractivity contribution in [3.05, 3.63) is 82.8 Å². The second-order valence-corrected chi connectivity index (χ2v) is 10.0. The van der Waals surface area contributed by atoms with E-state index >= 15 is 0 Å². The minimum atomic E-state index is -0.0791. The third kappa shape index (κ3) is 6.50. The van der Waals surface area contributed by atoms with Gasteiger partial charge in [-0.15, -0.1) is 12.8 Å². The number of nitrogens with zero attached hydrogens (tertiary/aromatic N) is 3. The van der Waals surface area contributed by atoms with E-state index in [2.05, 4.69) is 91.6 Å². The van der Waals surface area contributed by atoms with E-state index < -0.39 is 0 Å². The average molecular weight is 516 g/mol. The van der Waals surface area contributed by atoms with Crippen LogP contribution in [0.15, 0.2) is 65.8 Å². The molecule has 1 unspecified atom stereocenters. The zero-order chi connectivity index (χ0) is 26.4. The van der Waals surface area contributed by atoms with E-state index in [1.165, 1.54) is 5.56 Å². The minimum absolute atomic E-state index is 0.0791. The van der Waals surface area contributed by atoms with Crippen LogP contribution in [0, 0.1) is 12.8 Å². The van der Waals surface area contributed by atoms with Gasteiger partial charge >= 0.3 is 0 Å². The summed E-state index contributed by atoms with van der Waals surface area (Å²) >= 11 is 6.50. The van der Waals surface area contributed by atoms with E-state index in [0.717, 1.165) is 58.5 Å². The van der Waals surface area contributed by atoms with Gasteiger partial charge in [-0.1, -0.05) is 43.6 Å². The van der Waals surface area contributed by atoms with Crippen molar-refractivity contribution in [1.82, 2.24) is 20.2 Å². The number of dihydropyridines is 1. The van der Waals surface area contributed by atoms with E-state index in [9.17, 15) is 0 Å². The van der Waals surface area contributed by atoms with Gasteiger partial charge < -0.3 is 15.4 Å². The molecule has 2 atom stereocenters. The molecule has 7 heteroatoms. The Morgan fingerprint density at radius 2 is 1.95 bits per heavy atom. The molecule has 3 heterocycles. The van der Waals surface area contributed by atoms with Gasteiger partial charge in [-0.2, -0.15) is 0 Å². The van der Waals surface area contributed by atoms with E-state index in [0.29, 0.717) is 12.5 Å². The molecule has 0 amide bonds. The van der Waals surface area contributed by atoms with Gasteiger partial charge in [0.15, 0.2) is 0 Å². The molecule has 2 N–H and O–H groups in total. The number of anilines is 2. The fraction of sp³-hybridized carbons (Fsp3) is 0.333.